The Morgan fingerprint density at radius 1 is 1.29 bits per heavy atom. The van der Waals surface area contributed by atoms with Gasteiger partial charge in [0.2, 0.25) is 5.91 Å². The molecule has 0 spiro atoms. The van der Waals surface area contributed by atoms with E-state index in [1.165, 1.54) is 30.9 Å². The van der Waals surface area contributed by atoms with Gasteiger partial charge in [0.15, 0.2) is 0 Å². The Bertz CT molecular complexity index is 893. The number of anilines is 1. The van der Waals surface area contributed by atoms with Crippen molar-refractivity contribution in [2.45, 2.75) is 52.4 Å². The van der Waals surface area contributed by atoms with Gasteiger partial charge < -0.3 is 5.32 Å². The van der Waals surface area contributed by atoms with Gasteiger partial charge in [0.05, 0.1) is 5.69 Å². The van der Waals surface area contributed by atoms with Crippen LogP contribution < -0.4 is 10.8 Å². The van der Waals surface area contributed by atoms with Crippen molar-refractivity contribution in [2.24, 2.45) is 0 Å². The molecule has 0 bridgehead atoms. The maximum atomic E-state index is 12.3. The third-order valence-electron chi connectivity index (χ3n) is 4.94. The first kappa shape index (κ1) is 24.7. The largest absolute Gasteiger partial charge is 0.369 e. The molecule has 2 amide bonds. The number of carbonyl (C=O) groups excluding carboxylic acids is 2. The van der Waals surface area contributed by atoms with Gasteiger partial charge in [0.25, 0.3) is 5.91 Å². The number of fused-ring (bicyclic) bond motifs is 1. The lowest BCUT2D eigenvalue weighted by molar-refractivity contribution is -0.126. The average Bonchev–Trinajstić information content (AvgIpc) is 3.12. The van der Waals surface area contributed by atoms with Crippen molar-refractivity contribution in [3.63, 3.8) is 0 Å². The highest BCUT2D eigenvalue weighted by Crippen LogP contribution is 2.22. The van der Waals surface area contributed by atoms with Crippen LogP contribution in [0.15, 0.2) is 24.4 Å². The summed E-state index contributed by atoms with van der Waals surface area (Å²) in [5.74, 6) is 0.434. The van der Waals surface area contributed by atoms with Crippen LogP contribution >= 0.6 is 11.9 Å². The fourth-order valence-electron chi connectivity index (χ4n) is 3.32. The molecule has 170 valence electrons. The van der Waals surface area contributed by atoms with Crippen LogP contribution in [0.3, 0.4) is 0 Å². The van der Waals surface area contributed by atoms with Gasteiger partial charge in [-0.15, -0.1) is 0 Å². The van der Waals surface area contributed by atoms with Crippen LogP contribution in [0.25, 0.3) is 11.7 Å². The van der Waals surface area contributed by atoms with Crippen molar-refractivity contribution >= 4 is 41.3 Å². The summed E-state index contributed by atoms with van der Waals surface area (Å²) in [4.78, 5) is 28.3. The van der Waals surface area contributed by atoms with Crippen LogP contribution in [0.4, 0.5) is 5.82 Å². The van der Waals surface area contributed by atoms with Crippen molar-refractivity contribution in [2.75, 3.05) is 24.7 Å². The Morgan fingerprint density at radius 2 is 2.10 bits per heavy atom. The second-order valence-corrected chi connectivity index (χ2v) is 7.97. The van der Waals surface area contributed by atoms with Crippen LogP contribution in [0.2, 0.25) is 0 Å². The molecule has 0 aliphatic rings. The highest BCUT2D eigenvalue weighted by atomic mass is 32.2. The summed E-state index contributed by atoms with van der Waals surface area (Å²) in [6, 6.07) is 3.76. The minimum Gasteiger partial charge on any atom is -0.369 e. The molecule has 3 N–H and O–H groups in total. The summed E-state index contributed by atoms with van der Waals surface area (Å²) >= 11 is 1.45. The number of nitrogens with one attached hydrogen (secondary N) is 2. The third kappa shape index (κ3) is 7.29. The molecule has 0 unspecified atom stereocenters. The molecule has 0 aliphatic carbocycles. The maximum Gasteiger partial charge on any atom is 0.267 e. The molecule has 0 fully saturated rings. The Hall–Kier alpha value is -2.52. The summed E-state index contributed by atoms with van der Waals surface area (Å²) in [5, 5.41) is 12.0. The number of amides is 2. The molecule has 2 heterocycles. The zero-order valence-corrected chi connectivity index (χ0v) is 19.4. The topological polar surface area (TPSA) is 99.0 Å². The minimum absolute atomic E-state index is 0.107. The Labute approximate surface area is 188 Å². The van der Waals surface area contributed by atoms with Gasteiger partial charge in [-0.25, -0.2) is 10.5 Å². The molecule has 0 saturated heterocycles. The highest BCUT2D eigenvalue weighted by molar-refractivity contribution is 7.96. The molecular formula is C22H33N5O3S. The van der Waals surface area contributed by atoms with E-state index in [0.717, 1.165) is 42.0 Å². The molecule has 8 nitrogen and oxygen atoms in total. The van der Waals surface area contributed by atoms with Gasteiger partial charge in [-0.3, -0.25) is 23.5 Å². The van der Waals surface area contributed by atoms with E-state index in [9.17, 15) is 9.59 Å². The molecule has 2 aromatic heterocycles. The van der Waals surface area contributed by atoms with Gasteiger partial charge in [0, 0.05) is 38.0 Å². The summed E-state index contributed by atoms with van der Waals surface area (Å²) < 4.78 is 3.73. The number of unbranched alkanes of at least 4 members (excludes halogenated alkanes) is 3. The molecule has 2 rings (SSSR count). The standard InChI is InChI=1S/C22H33N5O3S/c1-4-6-7-8-9-18-22(23-14-12-21(29)27(5-2)31-3)26-15-13-17(16-19(26)24-18)10-11-20(28)25-30/h10-11,13,15-16,23,30H,4-9,12,14H2,1-3H3,(H,25,28). The summed E-state index contributed by atoms with van der Waals surface area (Å²) in [6.45, 7) is 5.37. The molecule has 9 heteroatoms. The zero-order chi connectivity index (χ0) is 22.6. The number of carbonyl (C=O) groups is 2. The van der Waals surface area contributed by atoms with Gasteiger partial charge in [0.1, 0.15) is 11.5 Å². The van der Waals surface area contributed by atoms with E-state index in [1.807, 2.05) is 35.9 Å². The second kappa shape index (κ2) is 13.0. The Balaban J connectivity index is 2.20. The lowest BCUT2D eigenvalue weighted by atomic mass is 10.1. The molecule has 0 aliphatic heterocycles. The molecule has 0 saturated carbocycles. The highest BCUT2D eigenvalue weighted by Gasteiger charge is 2.14. The number of pyridine rings is 1. The number of imidazole rings is 1. The second-order valence-electron chi connectivity index (χ2n) is 7.16. The summed E-state index contributed by atoms with van der Waals surface area (Å²) in [5.41, 5.74) is 4.13. The number of aryl methyl sites for hydroxylation is 1. The van der Waals surface area contributed by atoms with Crippen molar-refractivity contribution in [1.29, 1.82) is 0 Å². The van der Waals surface area contributed by atoms with Crippen LogP contribution in [-0.4, -0.2) is 50.1 Å². The fraction of sp³-hybridized carbons (Fsp3) is 0.500. The number of rotatable bonds is 13. The summed E-state index contributed by atoms with van der Waals surface area (Å²) in [7, 11) is 0. The first-order valence-electron chi connectivity index (χ1n) is 10.8. The smallest absolute Gasteiger partial charge is 0.267 e. The van der Waals surface area contributed by atoms with Crippen molar-refractivity contribution in [1.82, 2.24) is 19.2 Å². The van der Waals surface area contributed by atoms with E-state index in [2.05, 4.69) is 12.2 Å². The Kier molecular flexibility index (Phi) is 10.4. The van der Waals surface area contributed by atoms with Gasteiger partial charge in [-0.2, -0.15) is 0 Å². The zero-order valence-electron chi connectivity index (χ0n) is 18.6. The predicted molar refractivity (Wildman–Crippen MR) is 126 cm³/mol. The van der Waals surface area contributed by atoms with Crippen LogP contribution in [0, 0.1) is 0 Å². The van der Waals surface area contributed by atoms with E-state index < -0.39 is 5.91 Å². The lowest BCUT2D eigenvalue weighted by Gasteiger charge is -2.17. The third-order valence-corrected chi connectivity index (χ3v) is 5.85. The van der Waals surface area contributed by atoms with Gasteiger partial charge >= 0.3 is 0 Å². The molecule has 0 atom stereocenters. The van der Waals surface area contributed by atoms with E-state index in [4.69, 9.17) is 10.2 Å². The molecule has 0 radical (unpaired) electrons. The van der Waals surface area contributed by atoms with Gasteiger partial charge in [-0.1, -0.05) is 38.1 Å². The van der Waals surface area contributed by atoms with Gasteiger partial charge in [-0.05, 0) is 43.5 Å². The monoisotopic (exact) mass is 447 g/mol. The van der Waals surface area contributed by atoms with E-state index in [1.54, 1.807) is 15.9 Å². The SMILES string of the molecule is CCCCCCc1nc2cc(C=CC(=O)NO)ccn2c1NCCC(=O)N(CC)SC. The molecular weight excluding hydrogens is 414 g/mol. The van der Waals surface area contributed by atoms with Crippen LogP contribution in [0.1, 0.15) is 57.2 Å². The normalized spacial score (nSPS) is 11.2. The first-order chi connectivity index (χ1) is 15.0. The number of aromatic nitrogens is 2. The number of nitrogens with zero attached hydrogens (tertiary/aromatic N) is 3. The molecule has 31 heavy (non-hydrogen) atoms. The van der Waals surface area contributed by atoms with E-state index in [-0.39, 0.29) is 5.91 Å². The minimum atomic E-state index is -0.585. The number of hydrogen-bond donors (Lipinski definition) is 3. The number of hydrogen-bond acceptors (Lipinski definition) is 6. The van der Waals surface area contributed by atoms with E-state index >= 15 is 0 Å². The Morgan fingerprint density at radius 3 is 2.77 bits per heavy atom. The molecule has 0 aromatic carbocycles. The predicted octanol–water partition coefficient (Wildman–Crippen LogP) is 3.90. The lowest BCUT2D eigenvalue weighted by Crippen LogP contribution is -2.25. The number of hydroxylamine groups is 1. The average molecular weight is 448 g/mol. The van der Waals surface area contributed by atoms with Crippen LogP contribution in [0.5, 0.6) is 0 Å². The fourth-order valence-corrected chi connectivity index (χ4v) is 3.88. The molecule has 2 aromatic rings. The van der Waals surface area contributed by atoms with Crippen molar-refractivity contribution in [3.05, 3.63) is 35.7 Å². The maximum absolute atomic E-state index is 12.3. The quantitative estimate of drug-likeness (QED) is 0.142. The van der Waals surface area contributed by atoms with E-state index in [0.29, 0.717) is 19.5 Å². The summed E-state index contributed by atoms with van der Waals surface area (Å²) in [6.07, 6.45) is 12.6. The van der Waals surface area contributed by atoms with Crippen molar-refractivity contribution < 1.29 is 14.8 Å². The van der Waals surface area contributed by atoms with Crippen molar-refractivity contribution in [3.8, 4) is 0 Å². The first-order valence-corrected chi connectivity index (χ1v) is 11.9. The van der Waals surface area contributed by atoms with Crippen LogP contribution in [-0.2, 0) is 16.0 Å².